The maximum absolute atomic E-state index is 12.7. The molecule has 1 aliphatic rings. The summed E-state index contributed by atoms with van der Waals surface area (Å²) in [5, 5.41) is 40.0. The van der Waals surface area contributed by atoms with Gasteiger partial charge in [0.15, 0.2) is 6.29 Å². The predicted molar refractivity (Wildman–Crippen MR) is 206 cm³/mol. The standard InChI is InChI=1S/C42H82O9/c1-3-5-7-9-11-13-15-17-18-19-21-23-25-27-29-31-38(44)50-36(35-49-42-41(47)40(46)39(45)37(33-43)51-42)34-48-32-30-28-26-24-22-20-16-14-12-10-8-6-4-2/h36-37,39-43,45-47H,3-35H2,1-2H3. The van der Waals surface area contributed by atoms with Crippen LogP contribution in [0.1, 0.15) is 200 Å². The van der Waals surface area contributed by atoms with Gasteiger partial charge in [-0.05, 0) is 12.8 Å². The minimum atomic E-state index is -1.53. The summed E-state index contributed by atoms with van der Waals surface area (Å²) >= 11 is 0. The molecule has 1 heterocycles. The van der Waals surface area contributed by atoms with Gasteiger partial charge in [-0.25, -0.2) is 0 Å². The van der Waals surface area contributed by atoms with Crippen molar-refractivity contribution in [2.24, 2.45) is 0 Å². The van der Waals surface area contributed by atoms with E-state index >= 15 is 0 Å². The van der Waals surface area contributed by atoms with Crippen LogP contribution in [0.4, 0.5) is 0 Å². The van der Waals surface area contributed by atoms with Gasteiger partial charge in [-0.3, -0.25) is 4.79 Å². The average Bonchev–Trinajstić information content (AvgIpc) is 3.13. The summed E-state index contributed by atoms with van der Waals surface area (Å²) in [6, 6.07) is 0. The first kappa shape index (κ1) is 48.2. The van der Waals surface area contributed by atoms with Gasteiger partial charge in [0, 0.05) is 13.0 Å². The second-order valence-electron chi connectivity index (χ2n) is 15.2. The lowest BCUT2D eigenvalue weighted by molar-refractivity contribution is -0.305. The molecule has 0 saturated carbocycles. The summed E-state index contributed by atoms with van der Waals surface area (Å²) in [4.78, 5) is 12.7. The normalized spacial score (nSPS) is 21.3. The van der Waals surface area contributed by atoms with Crippen molar-refractivity contribution in [3.8, 4) is 0 Å². The number of rotatable bonds is 37. The maximum atomic E-state index is 12.7. The molecule has 304 valence electrons. The highest BCUT2D eigenvalue weighted by atomic mass is 16.7. The molecule has 0 bridgehead atoms. The van der Waals surface area contributed by atoms with Gasteiger partial charge in [0.05, 0.1) is 19.8 Å². The molecule has 0 radical (unpaired) electrons. The van der Waals surface area contributed by atoms with Crippen LogP contribution in [-0.2, 0) is 23.7 Å². The van der Waals surface area contributed by atoms with Crippen molar-refractivity contribution in [1.29, 1.82) is 0 Å². The fraction of sp³-hybridized carbons (Fsp3) is 0.976. The van der Waals surface area contributed by atoms with Gasteiger partial charge < -0.3 is 39.4 Å². The van der Waals surface area contributed by atoms with Crippen LogP contribution in [0.2, 0.25) is 0 Å². The first-order chi connectivity index (χ1) is 24.9. The molecular weight excluding hydrogens is 648 g/mol. The second kappa shape index (κ2) is 34.9. The molecule has 1 rings (SSSR count). The van der Waals surface area contributed by atoms with E-state index in [9.17, 15) is 25.2 Å². The van der Waals surface area contributed by atoms with E-state index in [0.717, 1.165) is 32.1 Å². The van der Waals surface area contributed by atoms with Crippen LogP contribution in [0.25, 0.3) is 0 Å². The van der Waals surface area contributed by atoms with Crippen molar-refractivity contribution in [3.05, 3.63) is 0 Å². The number of esters is 1. The lowest BCUT2D eigenvalue weighted by atomic mass is 9.99. The van der Waals surface area contributed by atoms with E-state index in [1.807, 2.05) is 0 Å². The monoisotopic (exact) mass is 731 g/mol. The van der Waals surface area contributed by atoms with Crippen LogP contribution >= 0.6 is 0 Å². The van der Waals surface area contributed by atoms with Crippen molar-refractivity contribution in [2.45, 2.75) is 237 Å². The highest BCUT2D eigenvalue weighted by molar-refractivity contribution is 5.69. The number of ether oxygens (including phenoxy) is 4. The van der Waals surface area contributed by atoms with Gasteiger partial charge in [-0.1, -0.05) is 181 Å². The van der Waals surface area contributed by atoms with Gasteiger partial charge in [0.1, 0.15) is 30.5 Å². The summed E-state index contributed by atoms with van der Waals surface area (Å²) < 4.78 is 22.8. The minimum absolute atomic E-state index is 0.105. The molecule has 6 unspecified atom stereocenters. The molecule has 1 saturated heterocycles. The van der Waals surface area contributed by atoms with Crippen molar-refractivity contribution < 1.29 is 44.2 Å². The van der Waals surface area contributed by atoms with Gasteiger partial charge >= 0.3 is 5.97 Å². The van der Waals surface area contributed by atoms with Crippen LogP contribution in [0, 0.1) is 0 Å². The van der Waals surface area contributed by atoms with Crippen LogP contribution in [-0.4, -0.2) is 89.6 Å². The van der Waals surface area contributed by atoms with E-state index in [1.54, 1.807) is 0 Å². The molecule has 1 aliphatic heterocycles. The molecule has 0 aromatic rings. The Morgan fingerprint density at radius 3 is 1.39 bits per heavy atom. The summed E-state index contributed by atoms with van der Waals surface area (Å²) in [6.45, 7) is 4.59. The summed E-state index contributed by atoms with van der Waals surface area (Å²) in [6.07, 6.45) is 28.3. The summed E-state index contributed by atoms with van der Waals surface area (Å²) in [7, 11) is 0. The zero-order valence-electron chi connectivity index (χ0n) is 33.1. The van der Waals surface area contributed by atoms with Crippen LogP contribution in [0.15, 0.2) is 0 Å². The van der Waals surface area contributed by atoms with Crippen molar-refractivity contribution in [3.63, 3.8) is 0 Å². The predicted octanol–water partition coefficient (Wildman–Crippen LogP) is 9.08. The quantitative estimate of drug-likeness (QED) is 0.0365. The van der Waals surface area contributed by atoms with E-state index in [1.165, 1.54) is 148 Å². The van der Waals surface area contributed by atoms with Crippen LogP contribution in [0.5, 0.6) is 0 Å². The number of unbranched alkanes of at least 4 members (excludes halogenated alkanes) is 26. The molecule has 0 amide bonds. The number of hydrogen-bond donors (Lipinski definition) is 4. The number of aliphatic hydroxyl groups is 4. The van der Waals surface area contributed by atoms with Gasteiger partial charge in [-0.2, -0.15) is 0 Å². The van der Waals surface area contributed by atoms with E-state index in [4.69, 9.17) is 18.9 Å². The molecule has 0 aliphatic carbocycles. The van der Waals surface area contributed by atoms with Gasteiger partial charge in [0.2, 0.25) is 0 Å². The number of aliphatic hydroxyl groups excluding tert-OH is 4. The zero-order valence-corrected chi connectivity index (χ0v) is 33.1. The minimum Gasteiger partial charge on any atom is -0.457 e. The van der Waals surface area contributed by atoms with Crippen molar-refractivity contribution in [1.82, 2.24) is 0 Å². The topological polar surface area (TPSA) is 135 Å². The number of carbonyl (C=O) groups excluding carboxylic acids is 1. The van der Waals surface area contributed by atoms with E-state index in [-0.39, 0.29) is 19.2 Å². The third-order valence-corrected chi connectivity index (χ3v) is 10.3. The first-order valence-corrected chi connectivity index (χ1v) is 21.6. The molecule has 1 fully saturated rings. The second-order valence-corrected chi connectivity index (χ2v) is 15.2. The fourth-order valence-electron chi connectivity index (χ4n) is 6.85. The third kappa shape index (κ3) is 26.6. The molecule has 0 aromatic carbocycles. The molecule has 0 aromatic heterocycles. The lowest BCUT2D eigenvalue weighted by Gasteiger charge is -2.39. The summed E-state index contributed by atoms with van der Waals surface area (Å²) in [5.74, 6) is -0.309. The third-order valence-electron chi connectivity index (χ3n) is 10.3. The Hall–Kier alpha value is -0.810. The van der Waals surface area contributed by atoms with Crippen molar-refractivity contribution in [2.75, 3.05) is 26.4 Å². The van der Waals surface area contributed by atoms with Crippen LogP contribution in [0.3, 0.4) is 0 Å². The molecule has 6 atom stereocenters. The Kier molecular flexibility index (Phi) is 33.0. The highest BCUT2D eigenvalue weighted by Gasteiger charge is 2.44. The lowest BCUT2D eigenvalue weighted by Crippen LogP contribution is -2.59. The van der Waals surface area contributed by atoms with Gasteiger partial charge in [0.25, 0.3) is 0 Å². The Morgan fingerprint density at radius 1 is 0.549 bits per heavy atom. The number of carbonyl (C=O) groups is 1. The van der Waals surface area contributed by atoms with E-state index in [0.29, 0.717) is 13.0 Å². The van der Waals surface area contributed by atoms with Crippen molar-refractivity contribution >= 4 is 5.97 Å². The summed E-state index contributed by atoms with van der Waals surface area (Å²) in [5.41, 5.74) is 0. The molecule has 9 heteroatoms. The Labute approximate surface area is 312 Å². The SMILES string of the molecule is CCCCCCCCCCCCCCCCCC(=O)OC(COCCCCCCCCCCCCCCC)COC1OC(CO)C(O)C(O)C1O. The highest BCUT2D eigenvalue weighted by Crippen LogP contribution is 2.23. The number of hydrogen-bond acceptors (Lipinski definition) is 9. The van der Waals surface area contributed by atoms with E-state index < -0.39 is 43.4 Å². The first-order valence-electron chi connectivity index (χ1n) is 21.6. The van der Waals surface area contributed by atoms with Gasteiger partial charge in [-0.15, -0.1) is 0 Å². The molecule has 4 N–H and O–H groups in total. The Morgan fingerprint density at radius 2 is 0.961 bits per heavy atom. The molecular formula is C42H82O9. The fourth-order valence-corrected chi connectivity index (χ4v) is 6.85. The average molecular weight is 731 g/mol. The Balaban J connectivity index is 2.27. The molecule has 51 heavy (non-hydrogen) atoms. The largest absolute Gasteiger partial charge is 0.457 e. The smallest absolute Gasteiger partial charge is 0.306 e. The van der Waals surface area contributed by atoms with E-state index in [2.05, 4.69) is 13.8 Å². The maximum Gasteiger partial charge on any atom is 0.306 e. The van der Waals surface area contributed by atoms with Crippen LogP contribution < -0.4 is 0 Å². The molecule has 0 spiro atoms. The zero-order chi connectivity index (χ0) is 37.2. The Bertz CT molecular complexity index is 752. The molecule has 9 nitrogen and oxygen atoms in total.